The molecule has 1 N–H and O–H groups in total. The Hall–Kier alpha value is -2.55. The summed E-state index contributed by atoms with van der Waals surface area (Å²) in [5, 5.41) is 13.7. The molecule has 1 amide bonds. The highest BCUT2D eigenvalue weighted by molar-refractivity contribution is 5.77. The Morgan fingerprint density at radius 3 is 2.75 bits per heavy atom. The van der Waals surface area contributed by atoms with Crippen LogP contribution in [-0.2, 0) is 18.4 Å². The lowest BCUT2D eigenvalue weighted by Gasteiger charge is -2.24. The minimum absolute atomic E-state index is 0.0596. The van der Waals surface area contributed by atoms with Crippen molar-refractivity contribution in [1.29, 1.82) is 0 Å². The van der Waals surface area contributed by atoms with Crippen LogP contribution in [0.1, 0.15) is 18.0 Å². The molecule has 0 saturated carbocycles. The normalized spacial score (nSPS) is 20.6. The van der Waals surface area contributed by atoms with Crippen molar-refractivity contribution in [2.45, 2.75) is 25.1 Å². The molecule has 7 nitrogen and oxygen atoms in total. The Morgan fingerprint density at radius 2 is 2.12 bits per heavy atom. The van der Waals surface area contributed by atoms with Gasteiger partial charge in [0.15, 0.2) is 11.6 Å². The lowest BCUT2D eigenvalue weighted by molar-refractivity contribution is -0.133. The summed E-state index contributed by atoms with van der Waals surface area (Å²) in [4.78, 5) is 25.6. The number of carbonyl (C=O) groups excluding carboxylic acids is 1. The second-order valence-corrected chi connectivity index (χ2v) is 5.81. The second-order valence-electron chi connectivity index (χ2n) is 5.81. The van der Waals surface area contributed by atoms with E-state index in [1.807, 2.05) is 0 Å². The SMILES string of the molecule is Cn1cnn(CC(=O)N2CC(O)CC2c2ccc(F)c(F)c2)c1=O. The Balaban J connectivity index is 1.84. The van der Waals surface area contributed by atoms with Crippen LogP contribution in [0.15, 0.2) is 29.3 Å². The number of hydrogen-bond acceptors (Lipinski definition) is 4. The van der Waals surface area contributed by atoms with Gasteiger partial charge in [-0.05, 0) is 24.1 Å². The first kappa shape index (κ1) is 16.3. The number of benzene rings is 1. The van der Waals surface area contributed by atoms with Crippen molar-refractivity contribution in [3.63, 3.8) is 0 Å². The highest BCUT2D eigenvalue weighted by Crippen LogP contribution is 2.33. The minimum atomic E-state index is -1.01. The van der Waals surface area contributed by atoms with Crippen LogP contribution in [0, 0.1) is 11.6 Å². The number of amides is 1. The molecule has 2 unspecified atom stereocenters. The molecule has 2 atom stereocenters. The quantitative estimate of drug-likeness (QED) is 0.867. The molecule has 1 aliphatic heterocycles. The van der Waals surface area contributed by atoms with Gasteiger partial charge in [0.05, 0.1) is 12.1 Å². The zero-order valence-corrected chi connectivity index (χ0v) is 12.9. The number of halogens is 2. The van der Waals surface area contributed by atoms with E-state index in [1.54, 1.807) is 0 Å². The Labute approximate surface area is 135 Å². The van der Waals surface area contributed by atoms with Gasteiger partial charge in [-0.2, -0.15) is 5.10 Å². The van der Waals surface area contributed by atoms with Gasteiger partial charge in [0.1, 0.15) is 12.9 Å². The lowest BCUT2D eigenvalue weighted by atomic mass is 10.0. The predicted molar refractivity (Wildman–Crippen MR) is 78.9 cm³/mol. The van der Waals surface area contributed by atoms with E-state index in [0.29, 0.717) is 5.56 Å². The lowest BCUT2D eigenvalue weighted by Crippen LogP contribution is -2.37. The number of hydrogen-bond donors (Lipinski definition) is 1. The molecule has 24 heavy (non-hydrogen) atoms. The summed E-state index contributed by atoms with van der Waals surface area (Å²) in [5.74, 6) is -2.42. The van der Waals surface area contributed by atoms with E-state index in [1.165, 1.54) is 28.9 Å². The van der Waals surface area contributed by atoms with Crippen LogP contribution in [-0.4, -0.2) is 42.9 Å². The van der Waals surface area contributed by atoms with Gasteiger partial charge >= 0.3 is 5.69 Å². The monoisotopic (exact) mass is 338 g/mol. The molecular formula is C15H16F2N4O3. The molecule has 0 aliphatic carbocycles. The van der Waals surface area contributed by atoms with Gasteiger partial charge in [0.2, 0.25) is 5.91 Å². The van der Waals surface area contributed by atoms with Crippen LogP contribution < -0.4 is 5.69 Å². The van der Waals surface area contributed by atoms with Crippen molar-refractivity contribution in [2.24, 2.45) is 7.05 Å². The third-order valence-electron chi connectivity index (χ3n) is 4.10. The average molecular weight is 338 g/mol. The summed E-state index contributed by atoms with van der Waals surface area (Å²) in [7, 11) is 1.51. The van der Waals surface area contributed by atoms with Gasteiger partial charge in [0.25, 0.3) is 0 Å². The highest BCUT2D eigenvalue weighted by atomic mass is 19.2. The average Bonchev–Trinajstić information content (AvgIpc) is 3.07. The third kappa shape index (κ3) is 2.94. The first-order chi connectivity index (χ1) is 11.4. The van der Waals surface area contributed by atoms with Crippen LogP contribution >= 0.6 is 0 Å². The number of aliphatic hydroxyl groups excluding tert-OH is 1. The smallest absolute Gasteiger partial charge is 0.345 e. The Kier molecular flexibility index (Phi) is 4.18. The number of rotatable bonds is 3. The van der Waals surface area contributed by atoms with E-state index in [9.17, 15) is 23.5 Å². The van der Waals surface area contributed by atoms with Gasteiger partial charge < -0.3 is 10.0 Å². The largest absolute Gasteiger partial charge is 0.391 e. The fourth-order valence-corrected chi connectivity index (χ4v) is 2.87. The van der Waals surface area contributed by atoms with Crippen molar-refractivity contribution < 1.29 is 18.7 Å². The van der Waals surface area contributed by atoms with Gasteiger partial charge in [-0.1, -0.05) is 6.07 Å². The van der Waals surface area contributed by atoms with Crippen molar-refractivity contribution in [2.75, 3.05) is 6.54 Å². The van der Waals surface area contributed by atoms with Gasteiger partial charge in [-0.15, -0.1) is 0 Å². The number of carbonyl (C=O) groups is 1. The van der Waals surface area contributed by atoms with Crippen LogP contribution in [0.5, 0.6) is 0 Å². The van der Waals surface area contributed by atoms with E-state index in [-0.39, 0.29) is 19.5 Å². The van der Waals surface area contributed by atoms with Crippen molar-refractivity contribution in [3.05, 3.63) is 52.2 Å². The summed E-state index contributed by atoms with van der Waals surface area (Å²) in [6.45, 7) is -0.226. The topological polar surface area (TPSA) is 80.4 Å². The van der Waals surface area contributed by atoms with Gasteiger partial charge in [0, 0.05) is 13.6 Å². The third-order valence-corrected chi connectivity index (χ3v) is 4.10. The van der Waals surface area contributed by atoms with E-state index < -0.39 is 35.4 Å². The standard InChI is InChI=1S/C15H16F2N4O3/c1-19-8-18-21(15(19)24)7-14(23)20-6-10(22)5-13(20)9-2-3-11(16)12(17)4-9/h2-4,8,10,13,22H,5-7H2,1H3. The molecule has 128 valence electrons. The Morgan fingerprint density at radius 1 is 1.38 bits per heavy atom. The van der Waals surface area contributed by atoms with E-state index in [4.69, 9.17) is 0 Å². The molecule has 1 aliphatic rings. The van der Waals surface area contributed by atoms with Crippen molar-refractivity contribution in [3.8, 4) is 0 Å². The summed E-state index contributed by atoms with van der Waals surface area (Å²) in [5.41, 5.74) is -0.0420. The van der Waals surface area contributed by atoms with Gasteiger partial charge in [-0.3, -0.25) is 9.36 Å². The number of likely N-dealkylation sites (tertiary alicyclic amines) is 1. The molecule has 1 aromatic heterocycles. The molecule has 1 saturated heterocycles. The second kappa shape index (κ2) is 6.16. The molecule has 1 fully saturated rings. The summed E-state index contributed by atoms with van der Waals surface area (Å²) >= 11 is 0. The molecule has 2 aromatic rings. The summed E-state index contributed by atoms with van der Waals surface area (Å²) in [6.07, 6.45) is 0.738. The fraction of sp³-hybridized carbons (Fsp3) is 0.400. The molecule has 3 rings (SSSR count). The zero-order valence-electron chi connectivity index (χ0n) is 12.9. The molecule has 0 spiro atoms. The van der Waals surface area contributed by atoms with E-state index >= 15 is 0 Å². The first-order valence-electron chi connectivity index (χ1n) is 7.37. The van der Waals surface area contributed by atoms with Crippen LogP contribution in [0.3, 0.4) is 0 Å². The molecule has 0 bridgehead atoms. The maximum Gasteiger partial charge on any atom is 0.345 e. The highest BCUT2D eigenvalue weighted by Gasteiger charge is 2.35. The summed E-state index contributed by atoms with van der Waals surface area (Å²) in [6, 6.07) is 2.81. The maximum atomic E-state index is 13.5. The maximum absolute atomic E-state index is 13.5. The number of aliphatic hydroxyl groups is 1. The summed E-state index contributed by atoms with van der Waals surface area (Å²) < 4.78 is 28.8. The Bertz CT molecular complexity index is 832. The molecule has 1 aromatic carbocycles. The van der Waals surface area contributed by atoms with Crippen LogP contribution in [0.25, 0.3) is 0 Å². The minimum Gasteiger partial charge on any atom is -0.391 e. The fourth-order valence-electron chi connectivity index (χ4n) is 2.87. The molecular weight excluding hydrogens is 322 g/mol. The van der Waals surface area contributed by atoms with E-state index in [0.717, 1.165) is 16.8 Å². The van der Waals surface area contributed by atoms with Gasteiger partial charge in [-0.25, -0.2) is 18.3 Å². The molecule has 2 heterocycles. The van der Waals surface area contributed by atoms with Crippen LogP contribution in [0.4, 0.5) is 8.78 Å². The van der Waals surface area contributed by atoms with Crippen molar-refractivity contribution in [1.82, 2.24) is 19.2 Å². The predicted octanol–water partition coefficient (Wildman–Crippen LogP) is 0.194. The molecule has 9 heteroatoms. The number of aryl methyl sites for hydroxylation is 1. The van der Waals surface area contributed by atoms with Crippen molar-refractivity contribution >= 4 is 5.91 Å². The number of aromatic nitrogens is 3. The number of nitrogens with zero attached hydrogens (tertiary/aromatic N) is 4. The van der Waals surface area contributed by atoms with E-state index in [2.05, 4.69) is 5.10 Å². The first-order valence-corrected chi connectivity index (χ1v) is 7.37. The zero-order chi connectivity index (χ0) is 17.4. The number of β-amino-alcohol motifs (C(OH)–C–C–N with tert-alkyl or cyclic N) is 1. The van der Waals surface area contributed by atoms with Crippen LogP contribution in [0.2, 0.25) is 0 Å². The molecule has 0 radical (unpaired) electrons.